The molecule has 0 aliphatic rings. The molecule has 98 valence electrons. The molecule has 3 nitrogen and oxygen atoms in total. The monoisotopic (exact) mass is 276 g/mol. The summed E-state index contributed by atoms with van der Waals surface area (Å²) in [6, 6.07) is 0.253. The van der Waals surface area contributed by atoms with Crippen LogP contribution < -0.4 is 0 Å². The second kappa shape index (κ2) is 6.14. The van der Waals surface area contributed by atoms with Crippen molar-refractivity contribution in [1.29, 1.82) is 0 Å². The summed E-state index contributed by atoms with van der Waals surface area (Å²) in [4.78, 5) is 6.66. The molecule has 1 N–H and O–H groups in total. The van der Waals surface area contributed by atoms with E-state index in [0.717, 1.165) is 17.1 Å². The third-order valence-corrected chi connectivity index (χ3v) is 3.82. The lowest BCUT2D eigenvalue weighted by Gasteiger charge is -2.30. The zero-order valence-corrected chi connectivity index (χ0v) is 12.5. The summed E-state index contributed by atoms with van der Waals surface area (Å²) in [6.07, 6.45) is 0.974. The number of likely N-dealkylation sites (N-methyl/N-ethyl adjacent to an activating group) is 1. The van der Waals surface area contributed by atoms with Crippen LogP contribution in [0.15, 0.2) is 5.38 Å². The molecule has 0 saturated heterocycles. The summed E-state index contributed by atoms with van der Waals surface area (Å²) in [5.41, 5.74) is 0.246. The van der Waals surface area contributed by atoms with E-state index >= 15 is 0 Å². The molecular weight excluding hydrogens is 256 g/mol. The number of thiazole rings is 1. The van der Waals surface area contributed by atoms with Gasteiger partial charge in [0.15, 0.2) is 0 Å². The van der Waals surface area contributed by atoms with E-state index in [1.54, 1.807) is 11.3 Å². The van der Waals surface area contributed by atoms with E-state index in [0.29, 0.717) is 12.4 Å². The summed E-state index contributed by atoms with van der Waals surface area (Å²) in [6.45, 7) is 6.40. The molecule has 0 radical (unpaired) electrons. The molecule has 1 aromatic rings. The smallest absolute Gasteiger partial charge is 0.110 e. The van der Waals surface area contributed by atoms with Crippen molar-refractivity contribution in [1.82, 2.24) is 9.88 Å². The molecule has 0 aliphatic heterocycles. The van der Waals surface area contributed by atoms with Crippen molar-refractivity contribution in [3.05, 3.63) is 16.1 Å². The van der Waals surface area contributed by atoms with Crippen molar-refractivity contribution in [3.8, 4) is 0 Å². The maximum atomic E-state index is 9.85. The van der Waals surface area contributed by atoms with Gasteiger partial charge in [-0.2, -0.15) is 0 Å². The Labute approximate surface area is 112 Å². The normalized spacial score (nSPS) is 14.3. The van der Waals surface area contributed by atoms with E-state index < -0.39 is 5.60 Å². The van der Waals surface area contributed by atoms with Crippen molar-refractivity contribution in [2.45, 2.75) is 44.7 Å². The number of halogens is 1. The molecule has 0 aliphatic carbocycles. The predicted octanol–water partition coefficient (Wildman–Crippen LogP) is 3.04. The Balaban J connectivity index is 2.76. The number of nitrogens with zero attached hydrogens (tertiary/aromatic N) is 2. The van der Waals surface area contributed by atoms with Crippen LogP contribution in [0, 0.1) is 0 Å². The van der Waals surface area contributed by atoms with Crippen LogP contribution in [0.1, 0.15) is 43.9 Å². The molecule has 0 spiro atoms. The van der Waals surface area contributed by atoms with Crippen LogP contribution in [-0.4, -0.2) is 34.2 Å². The van der Waals surface area contributed by atoms with Gasteiger partial charge in [0.2, 0.25) is 0 Å². The fraction of sp³-hybridized carbons (Fsp3) is 0.750. The van der Waals surface area contributed by atoms with Crippen molar-refractivity contribution < 1.29 is 5.11 Å². The number of alkyl halides is 1. The second-order valence-corrected chi connectivity index (χ2v) is 6.12. The second-order valence-electron chi connectivity index (χ2n) is 4.96. The Bertz CT molecular complexity index is 349. The topological polar surface area (TPSA) is 36.4 Å². The van der Waals surface area contributed by atoms with Crippen molar-refractivity contribution in [3.63, 3.8) is 0 Å². The van der Waals surface area contributed by atoms with Crippen molar-refractivity contribution in [2.24, 2.45) is 0 Å². The molecule has 1 heterocycles. The van der Waals surface area contributed by atoms with E-state index in [2.05, 4.69) is 16.8 Å². The van der Waals surface area contributed by atoms with Crippen LogP contribution in [0.4, 0.5) is 0 Å². The Morgan fingerprint density at radius 3 is 2.65 bits per heavy atom. The third-order valence-electron chi connectivity index (χ3n) is 2.55. The fourth-order valence-corrected chi connectivity index (χ4v) is 3.23. The summed E-state index contributed by atoms with van der Waals surface area (Å²) in [7, 11) is 2.02. The highest BCUT2D eigenvalue weighted by Gasteiger charge is 2.23. The maximum absolute atomic E-state index is 9.85. The molecule has 17 heavy (non-hydrogen) atoms. The lowest BCUT2D eigenvalue weighted by Crippen LogP contribution is -2.38. The van der Waals surface area contributed by atoms with Gasteiger partial charge in [-0.25, -0.2) is 4.98 Å². The Morgan fingerprint density at radius 1 is 1.59 bits per heavy atom. The quantitative estimate of drug-likeness (QED) is 0.812. The molecule has 0 saturated carbocycles. The highest BCUT2D eigenvalue weighted by Crippen LogP contribution is 2.27. The molecule has 0 fully saturated rings. The summed E-state index contributed by atoms with van der Waals surface area (Å²) in [5.74, 6) is 0.460. The Hall–Kier alpha value is -0.160. The number of aliphatic hydroxyl groups is 1. The molecule has 1 atom stereocenters. The standard InChI is InChI=1S/C12H21ClN2OS/c1-5-10(15(4)8-12(2,3)16)11-14-9(6-13)7-17-11/h7,10,16H,5-6,8H2,1-4H3. The molecule has 1 unspecified atom stereocenters. The number of hydrogen-bond donors (Lipinski definition) is 1. The van der Waals surface area contributed by atoms with Gasteiger partial charge in [0.05, 0.1) is 23.2 Å². The van der Waals surface area contributed by atoms with Crippen LogP contribution in [0.25, 0.3) is 0 Å². The molecular formula is C12H21ClN2OS. The highest BCUT2D eigenvalue weighted by atomic mass is 35.5. The van der Waals surface area contributed by atoms with E-state index in [4.69, 9.17) is 11.6 Å². The minimum absolute atomic E-state index is 0.253. The first-order valence-electron chi connectivity index (χ1n) is 5.80. The van der Waals surface area contributed by atoms with Gasteiger partial charge >= 0.3 is 0 Å². The summed E-state index contributed by atoms with van der Waals surface area (Å²) < 4.78 is 0. The molecule has 0 amide bonds. The Kier molecular flexibility index (Phi) is 5.38. The average Bonchev–Trinajstić information content (AvgIpc) is 2.64. The van der Waals surface area contributed by atoms with Gasteiger partial charge < -0.3 is 5.11 Å². The summed E-state index contributed by atoms with van der Waals surface area (Å²) in [5, 5.41) is 12.9. The van der Waals surface area contributed by atoms with Gasteiger partial charge in [-0.1, -0.05) is 6.92 Å². The fourth-order valence-electron chi connectivity index (χ4n) is 1.93. The predicted molar refractivity (Wildman–Crippen MR) is 73.6 cm³/mol. The van der Waals surface area contributed by atoms with E-state index in [-0.39, 0.29) is 6.04 Å². The lowest BCUT2D eigenvalue weighted by molar-refractivity contribution is 0.0302. The zero-order chi connectivity index (χ0) is 13.1. The SMILES string of the molecule is CCC(c1nc(CCl)cs1)N(C)CC(C)(C)O. The lowest BCUT2D eigenvalue weighted by atomic mass is 10.1. The van der Waals surface area contributed by atoms with Gasteiger partial charge in [0, 0.05) is 11.9 Å². The first-order valence-corrected chi connectivity index (χ1v) is 7.21. The van der Waals surface area contributed by atoms with Crippen LogP contribution in [0.2, 0.25) is 0 Å². The number of aromatic nitrogens is 1. The number of rotatable bonds is 6. The largest absolute Gasteiger partial charge is 0.389 e. The third kappa shape index (κ3) is 4.54. The highest BCUT2D eigenvalue weighted by molar-refractivity contribution is 7.09. The first kappa shape index (κ1) is 14.9. The van der Waals surface area contributed by atoms with Crippen molar-refractivity contribution in [2.75, 3.05) is 13.6 Å². The maximum Gasteiger partial charge on any atom is 0.110 e. The average molecular weight is 277 g/mol. The number of hydrogen-bond acceptors (Lipinski definition) is 4. The zero-order valence-electron chi connectivity index (χ0n) is 10.9. The summed E-state index contributed by atoms with van der Waals surface area (Å²) >= 11 is 7.41. The van der Waals surface area contributed by atoms with E-state index in [9.17, 15) is 5.11 Å². The molecule has 1 aromatic heterocycles. The van der Waals surface area contributed by atoms with Gasteiger partial charge in [0.1, 0.15) is 5.01 Å². The van der Waals surface area contributed by atoms with Gasteiger partial charge in [-0.3, -0.25) is 4.90 Å². The molecule has 0 bridgehead atoms. The van der Waals surface area contributed by atoms with Crippen LogP contribution in [0.5, 0.6) is 0 Å². The minimum atomic E-state index is -0.686. The Morgan fingerprint density at radius 2 is 2.24 bits per heavy atom. The van der Waals surface area contributed by atoms with E-state index in [1.165, 1.54) is 0 Å². The molecule has 1 rings (SSSR count). The van der Waals surface area contributed by atoms with Crippen LogP contribution in [-0.2, 0) is 5.88 Å². The van der Waals surface area contributed by atoms with Crippen LogP contribution in [0.3, 0.4) is 0 Å². The minimum Gasteiger partial charge on any atom is -0.389 e. The molecule has 5 heteroatoms. The van der Waals surface area contributed by atoms with E-state index in [1.807, 2.05) is 26.3 Å². The van der Waals surface area contributed by atoms with Gasteiger partial charge in [-0.05, 0) is 27.3 Å². The van der Waals surface area contributed by atoms with Crippen molar-refractivity contribution >= 4 is 22.9 Å². The molecule has 0 aromatic carbocycles. The van der Waals surface area contributed by atoms with Crippen LogP contribution >= 0.6 is 22.9 Å². The van der Waals surface area contributed by atoms with Gasteiger partial charge in [-0.15, -0.1) is 22.9 Å². The first-order chi connectivity index (χ1) is 7.87. The van der Waals surface area contributed by atoms with Gasteiger partial charge in [0.25, 0.3) is 0 Å².